The van der Waals surface area contributed by atoms with Crippen LogP contribution in [-0.2, 0) is 19.7 Å². The molecule has 0 saturated heterocycles. The van der Waals surface area contributed by atoms with E-state index in [1.807, 2.05) is 97.1 Å². The van der Waals surface area contributed by atoms with Crippen molar-refractivity contribution in [3.05, 3.63) is 108 Å². The molecule has 1 N–H and O–H groups in total. The lowest BCUT2D eigenvalue weighted by Crippen LogP contribution is -2.45. The molecule has 0 unspecified atom stereocenters. The van der Waals surface area contributed by atoms with E-state index < -0.39 is 17.4 Å². The van der Waals surface area contributed by atoms with E-state index in [0.717, 1.165) is 16.7 Å². The number of amides is 1. The molecule has 1 amide bonds. The zero-order valence-electron chi connectivity index (χ0n) is 18.0. The van der Waals surface area contributed by atoms with Crippen LogP contribution in [0.5, 0.6) is 0 Å². The Morgan fingerprint density at radius 2 is 1.31 bits per heavy atom. The third kappa shape index (κ3) is 5.04. The van der Waals surface area contributed by atoms with Crippen molar-refractivity contribution in [3.8, 4) is 6.07 Å². The van der Waals surface area contributed by atoms with E-state index >= 15 is 0 Å². The smallest absolute Gasteiger partial charge is 0.328 e. The largest absolute Gasteiger partial charge is 0.467 e. The van der Waals surface area contributed by atoms with Crippen molar-refractivity contribution < 1.29 is 14.3 Å². The number of nitrogens with one attached hydrogen (secondary N) is 1. The Bertz CT molecular complexity index is 964. The Balaban J connectivity index is 2.08. The molecule has 0 saturated carbocycles. The maximum atomic E-state index is 13.4. The van der Waals surface area contributed by atoms with Crippen molar-refractivity contribution >= 4 is 11.9 Å². The molecule has 3 rings (SSSR count). The first-order valence-electron chi connectivity index (χ1n) is 10.5. The van der Waals surface area contributed by atoms with E-state index in [0.29, 0.717) is 0 Å². The highest BCUT2D eigenvalue weighted by molar-refractivity contribution is 5.86. The standard InChI is InChI=1S/C27H26N2O3/c1-32-26(31)24(18-11-19-28)29-25(30)20-27(21-12-5-2-6-13-21,22-14-7-3-8-15-22)23-16-9-4-10-17-23/h2-10,12-17,24H,11,18,20H2,1H3,(H,29,30)/t24-/m0/s1. The average Bonchev–Trinajstić information content (AvgIpc) is 2.86. The fourth-order valence-electron chi connectivity index (χ4n) is 4.06. The zero-order valence-corrected chi connectivity index (χ0v) is 18.0. The van der Waals surface area contributed by atoms with Crippen LogP contribution < -0.4 is 5.32 Å². The van der Waals surface area contributed by atoms with Crippen LogP contribution in [0.15, 0.2) is 91.0 Å². The molecule has 5 heteroatoms. The molecule has 0 spiro atoms. The predicted molar refractivity (Wildman–Crippen MR) is 123 cm³/mol. The number of nitrogens with zero attached hydrogens (tertiary/aromatic N) is 1. The summed E-state index contributed by atoms with van der Waals surface area (Å²) in [5.41, 5.74) is 2.15. The lowest BCUT2D eigenvalue weighted by molar-refractivity contribution is -0.145. The zero-order chi connectivity index (χ0) is 22.8. The van der Waals surface area contributed by atoms with Crippen molar-refractivity contribution in [3.63, 3.8) is 0 Å². The lowest BCUT2D eigenvalue weighted by Gasteiger charge is -2.36. The van der Waals surface area contributed by atoms with Crippen molar-refractivity contribution in [1.82, 2.24) is 5.32 Å². The van der Waals surface area contributed by atoms with Gasteiger partial charge in [0.05, 0.1) is 18.6 Å². The van der Waals surface area contributed by atoms with Crippen LogP contribution in [-0.4, -0.2) is 25.0 Å². The SMILES string of the molecule is COC(=O)[C@H](CCC#N)NC(=O)CC(c1ccccc1)(c1ccccc1)c1ccccc1. The summed E-state index contributed by atoms with van der Waals surface area (Å²) in [6, 6.07) is 30.8. The number of carbonyl (C=O) groups is 2. The summed E-state index contributed by atoms with van der Waals surface area (Å²) in [6.07, 6.45) is 0.427. The van der Waals surface area contributed by atoms with E-state index in [1.54, 1.807) is 0 Å². The quantitative estimate of drug-likeness (QED) is 0.407. The third-order valence-electron chi connectivity index (χ3n) is 5.59. The Hall–Kier alpha value is -3.91. The topological polar surface area (TPSA) is 79.2 Å². The molecule has 0 radical (unpaired) electrons. The van der Waals surface area contributed by atoms with Gasteiger partial charge in [0, 0.05) is 12.8 Å². The molecule has 0 aliphatic heterocycles. The second-order valence-corrected chi connectivity index (χ2v) is 7.52. The minimum atomic E-state index is -0.868. The van der Waals surface area contributed by atoms with E-state index in [-0.39, 0.29) is 25.2 Å². The number of ether oxygens (including phenoxy) is 1. The van der Waals surface area contributed by atoms with E-state index in [2.05, 4.69) is 5.32 Å². The second-order valence-electron chi connectivity index (χ2n) is 7.52. The van der Waals surface area contributed by atoms with Crippen LogP contribution in [0.1, 0.15) is 36.0 Å². The molecular formula is C27H26N2O3. The minimum Gasteiger partial charge on any atom is -0.467 e. The normalized spacial score (nSPS) is 11.8. The number of hydrogen-bond donors (Lipinski definition) is 1. The van der Waals surface area contributed by atoms with Gasteiger partial charge in [0.1, 0.15) is 6.04 Å². The number of benzene rings is 3. The maximum absolute atomic E-state index is 13.4. The second kappa shape index (κ2) is 10.9. The summed E-state index contributed by atoms with van der Waals surface area (Å²) in [5, 5.41) is 11.7. The Labute approximate surface area is 188 Å². The molecule has 0 fully saturated rings. The van der Waals surface area contributed by atoms with E-state index in [9.17, 15) is 9.59 Å². The first-order valence-corrected chi connectivity index (χ1v) is 10.5. The molecule has 3 aromatic rings. The molecule has 0 aliphatic carbocycles. The number of rotatable bonds is 9. The Kier molecular flexibility index (Phi) is 7.77. The van der Waals surface area contributed by atoms with Crippen molar-refractivity contribution in [2.45, 2.75) is 30.7 Å². The molecule has 32 heavy (non-hydrogen) atoms. The Morgan fingerprint density at radius 1 is 0.875 bits per heavy atom. The van der Waals surface area contributed by atoms with Crippen molar-refractivity contribution in [1.29, 1.82) is 5.26 Å². The van der Waals surface area contributed by atoms with Crippen LogP contribution in [0.3, 0.4) is 0 Å². The monoisotopic (exact) mass is 426 g/mol. The number of methoxy groups -OCH3 is 1. The lowest BCUT2D eigenvalue weighted by atomic mass is 9.67. The highest BCUT2D eigenvalue weighted by atomic mass is 16.5. The number of hydrogen-bond acceptors (Lipinski definition) is 4. The van der Waals surface area contributed by atoms with Crippen molar-refractivity contribution in [2.24, 2.45) is 0 Å². The van der Waals surface area contributed by atoms with E-state index in [1.165, 1.54) is 7.11 Å². The van der Waals surface area contributed by atoms with Crippen LogP contribution in [0.2, 0.25) is 0 Å². The fraction of sp³-hybridized carbons (Fsp3) is 0.222. The van der Waals surface area contributed by atoms with Crippen LogP contribution in [0.4, 0.5) is 0 Å². The molecule has 3 aromatic carbocycles. The number of nitriles is 1. The van der Waals surface area contributed by atoms with Gasteiger partial charge in [0.2, 0.25) is 5.91 Å². The predicted octanol–water partition coefficient (Wildman–Crippen LogP) is 4.37. The fourth-order valence-corrected chi connectivity index (χ4v) is 4.06. The highest BCUT2D eigenvalue weighted by Gasteiger charge is 2.39. The first kappa shape index (κ1) is 22.8. The van der Waals surface area contributed by atoms with Crippen LogP contribution in [0.25, 0.3) is 0 Å². The molecule has 0 aliphatic rings. The molecule has 1 atom stereocenters. The van der Waals surface area contributed by atoms with Gasteiger partial charge in [0.15, 0.2) is 0 Å². The number of esters is 1. The van der Waals surface area contributed by atoms with Gasteiger partial charge in [-0.2, -0.15) is 5.26 Å². The average molecular weight is 427 g/mol. The summed E-state index contributed by atoms with van der Waals surface area (Å²) < 4.78 is 4.83. The molecule has 0 aromatic heterocycles. The van der Waals surface area contributed by atoms with Gasteiger partial charge < -0.3 is 10.1 Å². The minimum absolute atomic E-state index is 0.0884. The van der Waals surface area contributed by atoms with Gasteiger partial charge in [-0.25, -0.2) is 4.79 Å². The first-order chi connectivity index (χ1) is 15.6. The maximum Gasteiger partial charge on any atom is 0.328 e. The van der Waals surface area contributed by atoms with Gasteiger partial charge in [-0.05, 0) is 23.1 Å². The summed E-state index contributed by atoms with van der Waals surface area (Å²) in [6.45, 7) is 0. The van der Waals surface area contributed by atoms with Gasteiger partial charge >= 0.3 is 5.97 Å². The Morgan fingerprint density at radius 3 is 1.69 bits per heavy atom. The summed E-state index contributed by atoms with van der Waals surface area (Å²) in [4.78, 5) is 25.6. The summed E-state index contributed by atoms with van der Waals surface area (Å²) >= 11 is 0. The highest BCUT2D eigenvalue weighted by Crippen LogP contribution is 2.42. The van der Waals surface area contributed by atoms with E-state index in [4.69, 9.17) is 10.00 Å². The van der Waals surface area contributed by atoms with Crippen LogP contribution >= 0.6 is 0 Å². The summed E-state index contributed by atoms with van der Waals surface area (Å²) in [5.74, 6) is -0.853. The van der Waals surface area contributed by atoms with Crippen molar-refractivity contribution in [2.75, 3.05) is 7.11 Å². The van der Waals surface area contributed by atoms with Crippen LogP contribution in [0, 0.1) is 11.3 Å². The molecule has 162 valence electrons. The number of carbonyl (C=O) groups excluding carboxylic acids is 2. The molecule has 5 nitrogen and oxygen atoms in total. The van der Waals surface area contributed by atoms with Gasteiger partial charge in [-0.15, -0.1) is 0 Å². The molecular weight excluding hydrogens is 400 g/mol. The van der Waals surface area contributed by atoms with Gasteiger partial charge in [0.25, 0.3) is 0 Å². The molecule has 0 bridgehead atoms. The van der Waals surface area contributed by atoms with Gasteiger partial charge in [-0.3, -0.25) is 4.79 Å². The molecule has 0 heterocycles. The third-order valence-corrected chi connectivity index (χ3v) is 5.59. The summed E-state index contributed by atoms with van der Waals surface area (Å²) in [7, 11) is 1.27. The van der Waals surface area contributed by atoms with Gasteiger partial charge in [-0.1, -0.05) is 91.0 Å².